The van der Waals surface area contributed by atoms with Crippen molar-refractivity contribution in [1.82, 2.24) is 5.32 Å². The van der Waals surface area contributed by atoms with Crippen LogP contribution in [0, 0.1) is 5.82 Å². The van der Waals surface area contributed by atoms with Gasteiger partial charge in [-0.25, -0.2) is 9.18 Å². The predicted molar refractivity (Wildman–Crippen MR) is 149 cm³/mol. The summed E-state index contributed by atoms with van der Waals surface area (Å²) in [6.07, 6.45) is 1.22. The first-order valence-electron chi connectivity index (χ1n) is 13.1. The molecule has 5 rings (SSSR count). The first-order chi connectivity index (χ1) is 18.6. The highest BCUT2D eigenvalue weighted by molar-refractivity contribution is 6.56. The van der Waals surface area contributed by atoms with Crippen LogP contribution in [-0.4, -0.2) is 42.7 Å². The Kier molecular flexibility index (Phi) is 7.38. The molecule has 0 saturated carbocycles. The second kappa shape index (κ2) is 10.6. The summed E-state index contributed by atoms with van der Waals surface area (Å²) in [6.45, 7) is 7.68. The van der Waals surface area contributed by atoms with Gasteiger partial charge in [0.1, 0.15) is 12.4 Å². The number of nitrogens with one attached hydrogen (secondary N) is 1. The number of carbonyl (C=O) groups is 1. The van der Waals surface area contributed by atoms with Crippen molar-refractivity contribution in [3.63, 3.8) is 0 Å². The van der Waals surface area contributed by atoms with Crippen LogP contribution >= 0.6 is 0 Å². The molecule has 0 unspecified atom stereocenters. The summed E-state index contributed by atoms with van der Waals surface area (Å²) in [6, 6.07) is 20.8. The molecule has 39 heavy (non-hydrogen) atoms. The van der Waals surface area contributed by atoms with Gasteiger partial charge in [0.2, 0.25) is 0 Å². The molecule has 1 amide bonds. The van der Waals surface area contributed by atoms with E-state index in [4.69, 9.17) is 14.0 Å². The third kappa shape index (κ3) is 5.37. The summed E-state index contributed by atoms with van der Waals surface area (Å²) < 4.78 is 32.1. The summed E-state index contributed by atoms with van der Waals surface area (Å²) in [5.41, 5.74) is 4.91. The van der Waals surface area contributed by atoms with E-state index in [1.165, 1.54) is 6.07 Å². The van der Waals surface area contributed by atoms with Crippen molar-refractivity contribution in [1.29, 1.82) is 0 Å². The minimum absolute atomic E-state index is 0.0441. The van der Waals surface area contributed by atoms with Gasteiger partial charge in [-0.05, 0) is 73.1 Å². The number of aliphatic hydroxyl groups is 1. The van der Waals surface area contributed by atoms with Crippen LogP contribution in [-0.2, 0) is 20.7 Å². The summed E-state index contributed by atoms with van der Waals surface area (Å²) >= 11 is 0. The van der Waals surface area contributed by atoms with Gasteiger partial charge in [-0.1, -0.05) is 60.7 Å². The summed E-state index contributed by atoms with van der Waals surface area (Å²) in [7, 11) is -0.730. The van der Waals surface area contributed by atoms with Crippen LogP contribution in [0.3, 0.4) is 0 Å². The zero-order chi connectivity index (χ0) is 27.8. The Balaban J connectivity index is 1.31. The monoisotopic (exact) mass is 529 g/mol. The maximum absolute atomic E-state index is 14.0. The zero-order valence-electron chi connectivity index (χ0n) is 22.7. The van der Waals surface area contributed by atoms with Crippen molar-refractivity contribution >= 4 is 19.3 Å². The van der Waals surface area contributed by atoms with Crippen molar-refractivity contribution < 1.29 is 28.3 Å². The van der Waals surface area contributed by atoms with E-state index in [1.807, 2.05) is 52.0 Å². The van der Waals surface area contributed by atoms with E-state index in [2.05, 4.69) is 29.6 Å². The average Bonchev–Trinajstić information content (AvgIpc) is 3.35. The molecule has 3 aromatic rings. The fourth-order valence-electron chi connectivity index (χ4n) is 5.04. The van der Waals surface area contributed by atoms with Gasteiger partial charge in [0.15, 0.2) is 0 Å². The number of fused-ring (bicyclic) bond motifs is 3. The van der Waals surface area contributed by atoms with Crippen LogP contribution in [0.2, 0.25) is 0 Å². The molecule has 202 valence electrons. The highest BCUT2D eigenvalue weighted by Crippen LogP contribution is 2.44. The number of alkyl carbamates (subject to hydrolysis) is 1. The fourth-order valence-corrected chi connectivity index (χ4v) is 5.04. The van der Waals surface area contributed by atoms with Gasteiger partial charge < -0.3 is 24.5 Å². The van der Waals surface area contributed by atoms with Gasteiger partial charge in [0, 0.05) is 18.0 Å². The lowest BCUT2D eigenvalue weighted by molar-refractivity contribution is 0.00578. The molecule has 1 fully saturated rings. The molecular formula is C31H33BFNO5. The third-order valence-electron chi connectivity index (χ3n) is 7.93. The van der Waals surface area contributed by atoms with Gasteiger partial charge in [-0.3, -0.25) is 0 Å². The topological polar surface area (TPSA) is 77.0 Å². The lowest BCUT2D eigenvalue weighted by Crippen LogP contribution is -2.41. The highest BCUT2D eigenvalue weighted by atomic mass is 19.1. The van der Waals surface area contributed by atoms with E-state index < -0.39 is 36.8 Å². The van der Waals surface area contributed by atoms with Gasteiger partial charge in [-0.2, -0.15) is 0 Å². The minimum Gasteiger partial charge on any atom is -0.449 e. The number of rotatable bonds is 7. The maximum atomic E-state index is 14.0. The average molecular weight is 529 g/mol. The first kappa shape index (κ1) is 27.1. The smallest absolute Gasteiger partial charge is 0.449 e. The van der Waals surface area contributed by atoms with Gasteiger partial charge in [0.05, 0.1) is 17.8 Å². The van der Waals surface area contributed by atoms with Crippen molar-refractivity contribution in [2.75, 3.05) is 13.2 Å². The van der Waals surface area contributed by atoms with Crippen molar-refractivity contribution in [3.05, 3.63) is 100 Å². The van der Waals surface area contributed by atoms with E-state index in [0.29, 0.717) is 11.0 Å². The SMILES string of the molecule is CC1(C)OB(C(=Cc2ccc(F)c(CO)c2)CNC(=O)OCC2c3ccccc3-c3ccccc32)OC1(C)C. The molecule has 1 heterocycles. The van der Waals surface area contributed by atoms with Crippen molar-refractivity contribution in [2.24, 2.45) is 0 Å². The maximum Gasteiger partial charge on any atom is 0.492 e. The molecule has 0 atom stereocenters. The molecule has 6 nitrogen and oxygen atoms in total. The first-order valence-corrected chi connectivity index (χ1v) is 13.1. The van der Waals surface area contributed by atoms with E-state index in [9.17, 15) is 14.3 Å². The predicted octanol–water partition coefficient (Wildman–Crippen LogP) is 5.87. The summed E-state index contributed by atoms with van der Waals surface area (Å²) in [5.74, 6) is -0.527. The normalized spacial score (nSPS) is 17.6. The Morgan fingerprint density at radius 2 is 1.59 bits per heavy atom. The van der Waals surface area contributed by atoms with Gasteiger partial charge in [0.25, 0.3) is 0 Å². The summed E-state index contributed by atoms with van der Waals surface area (Å²) in [5, 5.41) is 12.3. The quantitative estimate of drug-likeness (QED) is 0.375. The number of ether oxygens (including phenoxy) is 1. The highest BCUT2D eigenvalue weighted by Gasteiger charge is 2.52. The van der Waals surface area contributed by atoms with E-state index in [1.54, 1.807) is 18.2 Å². The molecule has 0 aromatic heterocycles. The second-order valence-electron chi connectivity index (χ2n) is 11.0. The molecule has 1 aliphatic heterocycles. The summed E-state index contributed by atoms with van der Waals surface area (Å²) in [4.78, 5) is 12.9. The number of amides is 1. The van der Waals surface area contributed by atoms with Gasteiger partial charge in [-0.15, -0.1) is 0 Å². The van der Waals surface area contributed by atoms with E-state index in [-0.39, 0.29) is 24.6 Å². The Morgan fingerprint density at radius 3 is 2.18 bits per heavy atom. The Bertz CT molecular complexity index is 1360. The van der Waals surface area contributed by atoms with Crippen LogP contribution in [0.15, 0.2) is 72.2 Å². The fraction of sp³-hybridized carbons (Fsp3) is 0.323. The lowest BCUT2D eigenvalue weighted by atomic mass is 9.77. The number of halogens is 1. The standard InChI is InChI=1S/C31H33BFNO5/c1-30(2)31(3,4)39-32(38-30)22(16-20-13-14-28(33)21(15-20)18-35)17-34-29(36)37-19-27-25-11-7-5-9-23(25)24-10-6-8-12-26(24)27/h5-16,27,35H,17-19H2,1-4H3,(H,34,36). The Hall–Kier alpha value is -3.46. The zero-order valence-corrected chi connectivity index (χ0v) is 22.7. The molecule has 1 saturated heterocycles. The van der Waals surface area contributed by atoms with Crippen LogP contribution in [0.4, 0.5) is 9.18 Å². The molecule has 8 heteroatoms. The van der Waals surface area contributed by atoms with Crippen LogP contribution < -0.4 is 5.32 Å². The number of hydrogen-bond acceptors (Lipinski definition) is 5. The second-order valence-corrected chi connectivity index (χ2v) is 11.0. The molecule has 2 N–H and O–H groups in total. The van der Waals surface area contributed by atoms with Crippen LogP contribution in [0.5, 0.6) is 0 Å². The molecule has 1 aliphatic carbocycles. The molecule has 0 spiro atoms. The van der Waals surface area contributed by atoms with Crippen LogP contribution in [0.1, 0.15) is 55.9 Å². The number of aliphatic hydroxyl groups excluding tert-OH is 1. The number of carbonyl (C=O) groups excluding carboxylic acids is 1. The van der Waals surface area contributed by atoms with Crippen LogP contribution in [0.25, 0.3) is 17.2 Å². The van der Waals surface area contributed by atoms with E-state index in [0.717, 1.165) is 22.3 Å². The minimum atomic E-state index is -0.730. The van der Waals surface area contributed by atoms with Crippen molar-refractivity contribution in [2.45, 2.75) is 51.4 Å². The molecular weight excluding hydrogens is 496 g/mol. The Morgan fingerprint density at radius 1 is 1.00 bits per heavy atom. The van der Waals surface area contributed by atoms with E-state index >= 15 is 0 Å². The largest absolute Gasteiger partial charge is 0.492 e. The number of benzene rings is 3. The Labute approximate surface area is 228 Å². The lowest BCUT2D eigenvalue weighted by Gasteiger charge is -2.32. The third-order valence-corrected chi connectivity index (χ3v) is 7.93. The molecule has 2 aliphatic rings. The molecule has 3 aromatic carbocycles. The molecule has 0 radical (unpaired) electrons. The molecule has 0 bridgehead atoms. The number of hydrogen-bond donors (Lipinski definition) is 2. The van der Waals surface area contributed by atoms with Gasteiger partial charge >= 0.3 is 13.2 Å². The van der Waals surface area contributed by atoms with Crippen molar-refractivity contribution in [3.8, 4) is 11.1 Å².